The highest BCUT2D eigenvalue weighted by atomic mass is 35.5. The number of rotatable bonds is 1. The highest BCUT2D eigenvalue weighted by molar-refractivity contribution is 6.32. The topological polar surface area (TPSA) is 44.0 Å². The summed E-state index contributed by atoms with van der Waals surface area (Å²) in [5.74, 6) is 6.14. The van der Waals surface area contributed by atoms with Gasteiger partial charge in [0.05, 0.1) is 21.6 Å². The van der Waals surface area contributed by atoms with Gasteiger partial charge in [-0.1, -0.05) is 53.8 Å². The predicted molar refractivity (Wildman–Crippen MR) is 115 cm³/mol. The first-order valence-electron chi connectivity index (χ1n) is 9.28. The first-order chi connectivity index (χ1) is 14.1. The van der Waals surface area contributed by atoms with E-state index in [0.29, 0.717) is 28.2 Å². The molecule has 1 aliphatic rings. The average molecular weight is 399 g/mol. The smallest absolute Gasteiger partial charge is 0.292 e. The van der Waals surface area contributed by atoms with Crippen molar-refractivity contribution >= 4 is 22.5 Å². The molecule has 0 amide bonds. The third kappa shape index (κ3) is 2.88. The van der Waals surface area contributed by atoms with E-state index in [1.165, 1.54) is 0 Å². The molecule has 4 aromatic rings. The van der Waals surface area contributed by atoms with Gasteiger partial charge in [-0.2, -0.15) is 0 Å². The molecule has 0 unspecified atom stereocenters. The Hall–Kier alpha value is -3.55. The Labute approximate surface area is 171 Å². The molecular weight excluding hydrogens is 384 g/mol. The lowest BCUT2D eigenvalue weighted by molar-refractivity contribution is 0.685. The molecule has 0 aliphatic carbocycles. The van der Waals surface area contributed by atoms with Crippen LogP contribution in [0.4, 0.5) is 0 Å². The summed E-state index contributed by atoms with van der Waals surface area (Å²) >= 11 is 6.47. The number of hydrogen-bond donors (Lipinski definition) is 0. The zero-order chi connectivity index (χ0) is 20.0. The van der Waals surface area contributed by atoms with Crippen molar-refractivity contribution in [3.8, 4) is 17.5 Å². The molecule has 5 rings (SSSR count). The van der Waals surface area contributed by atoms with Crippen molar-refractivity contribution in [3.63, 3.8) is 0 Å². The lowest BCUT2D eigenvalue weighted by Gasteiger charge is -2.12. The van der Waals surface area contributed by atoms with E-state index in [2.05, 4.69) is 11.8 Å². The number of halogens is 1. The molecule has 0 spiro atoms. The zero-order valence-corrected chi connectivity index (χ0v) is 16.1. The Morgan fingerprint density at radius 1 is 0.862 bits per heavy atom. The van der Waals surface area contributed by atoms with Gasteiger partial charge in [0.1, 0.15) is 0 Å². The van der Waals surface area contributed by atoms with Crippen LogP contribution in [0.1, 0.15) is 16.7 Å². The van der Waals surface area contributed by atoms with Crippen molar-refractivity contribution in [1.82, 2.24) is 9.13 Å². The SMILES string of the molecule is O=c1c2cccc3c2n(c(=O)n1-c1ccc(C#Cc2ccccc2)cc1Cl)CC3. The van der Waals surface area contributed by atoms with Crippen LogP contribution in [0.3, 0.4) is 0 Å². The summed E-state index contributed by atoms with van der Waals surface area (Å²) in [6, 6.07) is 20.3. The minimum atomic E-state index is -0.363. The van der Waals surface area contributed by atoms with Crippen LogP contribution < -0.4 is 11.2 Å². The number of para-hydroxylation sites is 1. The van der Waals surface area contributed by atoms with E-state index >= 15 is 0 Å². The zero-order valence-electron chi connectivity index (χ0n) is 15.4. The molecule has 1 aromatic heterocycles. The summed E-state index contributed by atoms with van der Waals surface area (Å²) in [6.45, 7) is 0.563. The number of benzene rings is 3. The van der Waals surface area contributed by atoms with Gasteiger partial charge in [0.2, 0.25) is 0 Å². The molecule has 29 heavy (non-hydrogen) atoms. The molecule has 0 fully saturated rings. The van der Waals surface area contributed by atoms with Crippen molar-refractivity contribution in [2.75, 3.05) is 0 Å². The molecule has 5 heteroatoms. The van der Waals surface area contributed by atoms with Crippen molar-refractivity contribution < 1.29 is 0 Å². The van der Waals surface area contributed by atoms with E-state index in [9.17, 15) is 9.59 Å². The molecular formula is C24H15ClN2O2. The Morgan fingerprint density at radius 2 is 1.66 bits per heavy atom. The normalized spacial score (nSPS) is 12.0. The summed E-state index contributed by atoms with van der Waals surface area (Å²) < 4.78 is 2.82. The first kappa shape index (κ1) is 17.5. The molecule has 4 nitrogen and oxygen atoms in total. The highest BCUT2D eigenvalue weighted by Crippen LogP contribution is 2.24. The maximum atomic E-state index is 13.1. The minimum absolute atomic E-state index is 0.311. The third-order valence-corrected chi connectivity index (χ3v) is 5.47. The lowest BCUT2D eigenvalue weighted by atomic mass is 10.1. The third-order valence-electron chi connectivity index (χ3n) is 5.16. The summed E-state index contributed by atoms with van der Waals surface area (Å²) in [5.41, 5.74) is 3.03. The number of hydrogen-bond acceptors (Lipinski definition) is 2. The van der Waals surface area contributed by atoms with Crippen LogP contribution in [0.5, 0.6) is 0 Å². The second kappa shape index (κ2) is 6.80. The van der Waals surface area contributed by atoms with Gasteiger partial charge in [0.15, 0.2) is 0 Å². The van der Waals surface area contributed by atoms with E-state index in [-0.39, 0.29) is 11.2 Å². The number of aromatic nitrogens is 2. The minimum Gasteiger partial charge on any atom is -0.292 e. The summed E-state index contributed by atoms with van der Waals surface area (Å²) in [4.78, 5) is 26.1. The van der Waals surface area contributed by atoms with Crippen LogP contribution in [0.15, 0.2) is 76.3 Å². The van der Waals surface area contributed by atoms with Gasteiger partial charge in [-0.15, -0.1) is 0 Å². The highest BCUT2D eigenvalue weighted by Gasteiger charge is 2.21. The van der Waals surface area contributed by atoms with E-state index in [1.807, 2.05) is 42.5 Å². The summed E-state index contributed by atoms with van der Waals surface area (Å²) in [5, 5.41) is 0.842. The Bertz CT molecular complexity index is 1450. The molecule has 0 bridgehead atoms. The fraction of sp³-hybridized carbons (Fsp3) is 0.0833. The molecule has 140 valence electrons. The molecule has 0 atom stereocenters. The maximum Gasteiger partial charge on any atom is 0.336 e. The van der Waals surface area contributed by atoms with Gasteiger partial charge in [-0.05, 0) is 48.4 Å². The molecule has 3 aromatic carbocycles. The van der Waals surface area contributed by atoms with Gasteiger partial charge in [-0.25, -0.2) is 9.36 Å². The van der Waals surface area contributed by atoms with Crippen LogP contribution in [-0.4, -0.2) is 9.13 Å². The Balaban J connectivity index is 1.65. The van der Waals surface area contributed by atoms with Gasteiger partial charge in [0, 0.05) is 17.7 Å². The van der Waals surface area contributed by atoms with E-state index in [4.69, 9.17) is 11.6 Å². The van der Waals surface area contributed by atoms with Gasteiger partial charge < -0.3 is 0 Å². The Morgan fingerprint density at radius 3 is 2.45 bits per heavy atom. The van der Waals surface area contributed by atoms with Crippen molar-refractivity contribution in [1.29, 1.82) is 0 Å². The molecule has 0 radical (unpaired) electrons. The van der Waals surface area contributed by atoms with E-state index in [1.54, 1.807) is 28.8 Å². The van der Waals surface area contributed by atoms with Crippen LogP contribution in [0.25, 0.3) is 16.6 Å². The van der Waals surface area contributed by atoms with Crippen molar-refractivity contribution in [2.45, 2.75) is 13.0 Å². The van der Waals surface area contributed by atoms with Crippen LogP contribution in [0.2, 0.25) is 5.02 Å². The number of nitrogens with zero attached hydrogens (tertiary/aromatic N) is 2. The molecule has 1 aliphatic heterocycles. The van der Waals surface area contributed by atoms with E-state index < -0.39 is 0 Å². The summed E-state index contributed by atoms with van der Waals surface area (Å²) in [6.07, 6.45) is 0.748. The standard InChI is InChI=1S/C24H15ClN2O2/c25-20-15-17(10-9-16-5-2-1-3-6-16)11-12-21(20)27-23(28)19-8-4-7-18-13-14-26(22(18)19)24(27)29/h1-8,11-12,15H,13-14H2. The first-order valence-corrected chi connectivity index (χ1v) is 9.66. The lowest BCUT2D eigenvalue weighted by Crippen LogP contribution is -2.38. The fourth-order valence-electron chi connectivity index (χ4n) is 3.79. The number of aryl methyl sites for hydroxylation is 2. The second-order valence-corrected chi connectivity index (χ2v) is 7.33. The fourth-order valence-corrected chi connectivity index (χ4v) is 4.06. The van der Waals surface area contributed by atoms with Crippen molar-refractivity contribution in [3.05, 3.63) is 109 Å². The summed E-state index contributed by atoms with van der Waals surface area (Å²) in [7, 11) is 0. The predicted octanol–water partition coefficient (Wildman–Crippen LogP) is 3.76. The van der Waals surface area contributed by atoms with Crippen molar-refractivity contribution in [2.24, 2.45) is 0 Å². The van der Waals surface area contributed by atoms with Crippen LogP contribution >= 0.6 is 11.6 Å². The second-order valence-electron chi connectivity index (χ2n) is 6.92. The van der Waals surface area contributed by atoms with Gasteiger partial charge in [0.25, 0.3) is 5.56 Å². The monoisotopic (exact) mass is 398 g/mol. The van der Waals surface area contributed by atoms with E-state index in [0.717, 1.165) is 27.6 Å². The Kier molecular flexibility index (Phi) is 4.12. The van der Waals surface area contributed by atoms with Gasteiger partial charge >= 0.3 is 5.69 Å². The average Bonchev–Trinajstić information content (AvgIpc) is 3.18. The van der Waals surface area contributed by atoms with Crippen LogP contribution in [0, 0.1) is 11.8 Å². The molecule has 0 N–H and O–H groups in total. The molecule has 0 saturated heterocycles. The van der Waals surface area contributed by atoms with Crippen LogP contribution in [-0.2, 0) is 13.0 Å². The molecule has 0 saturated carbocycles. The maximum absolute atomic E-state index is 13.1. The molecule has 2 heterocycles. The quantitative estimate of drug-likeness (QED) is 0.458. The van der Waals surface area contributed by atoms with Gasteiger partial charge in [-0.3, -0.25) is 9.36 Å². The largest absolute Gasteiger partial charge is 0.336 e.